The molecular weight excluding hydrogens is 296 g/mol. The lowest BCUT2D eigenvalue weighted by Gasteiger charge is -2.14. The average molecular weight is 322 g/mol. The van der Waals surface area contributed by atoms with Crippen LogP contribution in [0.2, 0.25) is 0 Å². The number of amides is 1. The number of rotatable bonds is 7. The summed E-state index contributed by atoms with van der Waals surface area (Å²) < 4.78 is 0. The van der Waals surface area contributed by atoms with E-state index in [0.29, 0.717) is 11.1 Å². The van der Waals surface area contributed by atoms with Crippen LogP contribution >= 0.6 is 11.8 Å². The first-order valence-corrected chi connectivity index (χ1v) is 8.99. The predicted molar refractivity (Wildman–Crippen MR) is 90.0 cm³/mol. The Morgan fingerprint density at radius 3 is 2.86 bits per heavy atom. The van der Waals surface area contributed by atoms with Crippen molar-refractivity contribution in [2.75, 3.05) is 6.54 Å². The van der Waals surface area contributed by atoms with Gasteiger partial charge in [-0.15, -0.1) is 5.10 Å². The van der Waals surface area contributed by atoms with Crippen LogP contribution in [0.4, 0.5) is 0 Å². The fourth-order valence-corrected chi connectivity index (χ4v) is 3.16. The molecule has 1 aromatic heterocycles. The molecule has 0 bridgehead atoms. The molecule has 22 heavy (non-hydrogen) atoms. The first-order valence-electron chi connectivity index (χ1n) is 8.11. The van der Waals surface area contributed by atoms with Gasteiger partial charge in [0.1, 0.15) is 5.82 Å². The van der Waals surface area contributed by atoms with Crippen LogP contribution < -0.4 is 5.32 Å². The Labute approximate surface area is 136 Å². The average Bonchev–Trinajstić information content (AvgIpc) is 2.97. The van der Waals surface area contributed by atoms with Crippen molar-refractivity contribution in [1.82, 2.24) is 20.5 Å². The summed E-state index contributed by atoms with van der Waals surface area (Å²) in [6.07, 6.45) is 8.28. The van der Waals surface area contributed by atoms with Crippen molar-refractivity contribution < 1.29 is 4.79 Å². The zero-order chi connectivity index (χ0) is 15.9. The van der Waals surface area contributed by atoms with Gasteiger partial charge in [0.25, 0.3) is 0 Å². The van der Waals surface area contributed by atoms with Crippen LogP contribution in [0.15, 0.2) is 16.8 Å². The molecule has 1 heterocycles. The Bertz CT molecular complexity index is 524. The van der Waals surface area contributed by atoms with E-state index in [1.165, 1.54) is 43.0 Å². The van der Waals surface area contributed by atoms with Crippen molar-refractivity contribution in [2.24, 2.45) is 0 Å². The topological polar surface area (TPSA) is 70.7 Å². The summed E-state index contributed by atoms with van der Waals surface area (Å²) in [5.74, 6) is 1.23. The normalized spacial score (nSPS) is 16.5. The third-order valence-corrected chi connectivity index (χ3v) is 4.77. The molecule has 1 aromatic rings. The zero-order valence-electron chi connectivity index (χ0n) is 13.7. The molecule has 2 rings (SSSR count). The van der Waals surface area contributed by atoms with Crippen molar-refractivity contribution in [3.05, 3.63) is 17.5 Å². The Kier molecular flexibility index (Phi) is 6.49. The molecule has 2 N–H and O–H groups in total. The van der Waals surface area contributed by atoms with Gasteiger partial charge in [-0.3, -0.25) is 9.89 Å². The third-order valence-electron chi connectivity index (χ3n) is 3.81. The van der Waals surface area contributed by atoms with E-state index in [-0.39, 0.29) is 11.2 Å². The molecule has 6 heteroatoms. The summed E-state index contributed by atoms with van der Waals surface area (Å²) in [4.78, 5) is 16.5. The van der Waals surface area contributed by atoms with Gasteiger partial charge in [0.15, 0.2) is 0 Å². The number of carbonyl (C=O) groups excluding carboxylic acids is 1. The second kappa shape index (κ2) is 8.36. The number of nitrogens with zero attached hydrogens (tertiary/aromatic N) is 2. The number of thioether (sulfide) groups is 1. The number of aromatic nitrogens is 3. The van der Waals surface area contributed by atoms with Gasteiger partial charge in [0, 0.05) is 12.5 Å². The first kappa shape index (κ1) is 17.1. The summed E-state index contributed by atoms with van der Waals surface area (Å²) in [6.45, 7) is 6.74. The monoisotopic (exact) mass is 322 g/mol. The van der Waals surface area contributed by atoms with Crippen LogP contribution in [-0.4, -0.2) is 32.9 Å². The summed E-state index contributed by atoms with van der Waals surface area (Å²) in [5.41, 5.74) is 1.49. The number of H-pyrrole nitrogens is 1. The van der Waals surface area contributed by atoms with Crippen molar-refractivity contribution in [3.8, 4) is 0 Å². The second-order valence-corrected chi connectivity index (χ2v) is 7.38. The smallest absolute Gasteiger partial charge is 0.233 e. The Morgan fingerprint density at radius 1 is 1.41 bits per heavy atom. The molecule has 0 spiro atoms. The van der Waals surface area contributed by atoms with Crippen LogP contribution in [0.1, 0.15) is 64.6 Å². The third kappa shape index (κ3) is 5.16. The summed E-state index contributed by atoms with van der Waals surface area (Å²) in [7, 11) is 0. The molecule has 0 aliphatic heterocycles. The van der Waals surface area contributed by atoms with Crippen molar-refractivity contribution in [3.63, 3.8) is 0 Å². The molecule has 0 saturated carbocycles. The Hall–Kier alpha value is -1.30. The molecule has 1 amide bonds. The highest BCUT2D eigenvalue weighted by Crippen LogP contribution is 2.22. The Balaban J connectivity index is 1.73. The largest absolute Gasteiger partial charge is 0.355 e. The van der Waals surface area contributed by atoms with Gasteiger partial charge in [-0.2, -0.15) is 0 Å². The number of hydrogen-bond acceptors (Lipinski definition) is 4. The minimum Gasteiger partial charge on any atom is -0.355 e. The van der Waals surface area contributed by atoms with Crippen LogP contribution in [0.3, 0.4) is 0 Å². The van der Waals surface area contributed by atoms with E-state index in [2.05, 4.69) is 40.4 Å². The molecule has 1 atom stereocenters. The number of carbonyl (C=O) groups is 1. The maximum atomic E-state index is 12.1. The van der Waals surface area contributed by atoms with Gasteiger partial charge in [-0.05, 0) is 39.0 Å². The minimum atomic E-state index is -0.184. The quantitative estimate of drug-likeness (QED) is 0.596. The summed E-state index contributed by atoms with van der Waals surface area (Å²) in [6, 6.07) is 0. The lowest BCUT2D eigenvalue weighted by Crippen LogP contribution is -2.32. The van der Waals surface area contributed by atoms with E-state index in [9.17, 15) is 4.79 Å². The number of nitrogens with one attached hydrogen (secondary N) is 2. The highest BCUT2D eigenvalue weighted by Gasteiger charge is 2.17. The lowest BCUT2D eigenvalue weighted by molar-refractivity contribution is -0.120. The molecule has 0 fully saturated rings. The standard InChI is InChI=1S/C16H26N4OS/c1-11(2)14-18-16(20-19-14)22-12(3)15(21)17-10-9-13-7-5-4-6-8-13/h7,11-12H,4-6,8-10H2,1-3H3,(H,17,21)(H,18,19,20). The number of hydrogen-bond donors (Lipinski definition) is 2. The van der Waals surface area contributed by atoms with Crippen LogP contribution in [0.5, 0.6) is 0 Å². The molecule has 0 saturated heterocycles. The number of allylic oxidation sites excluding steroid dienone is 1. The SMILES string of the molecule is CC(Sc1n[nH]c(C(C)C)n1)C(=O)NCCC1=CCCCC1. The van der Waals surface area contributed by atoms with E-state index in [4.69, 9.17) is 0 Å². The fraction of sp³-hybridized carbons (Fsp3) is 0.688. The number of aromatic amines is 1. The molecule has 1 unspecified atom stereocenters. The van der Waals surface area contributed by atoms with Gasteiger partial charge in [-0.25, -0.2) is 4.98 Å². The molecule has 1 aliphatic rings. The van der Waals surface area contributed by atoms with Crippen LogP contribution in [-0.2, 0) is 4.79 Å². The summed E-state index contributed by atoms with van der Waals surface area (Å²) in [5, 5.41) is 10.5. The lowest BCUT2D eigenvalue weighted by atomic mass is 9.97. The van der Waals surface area contributed by atoms with Gasteiger partial charge >= 0.3 is 0 Å². The van der Waals surface area contributed by atoms with E-state index < -0.39 is 0 Å². The van der Waals surface area contributed by atoms with Crippen molar-refractivity contribution in [1.29, 1.82) is 0 Å². The highest BCUT2D eigenvalue weighted by molar-refractivity contribution is 8.00. The van der Waals surface area contributed by atoms with E-state index in [1.807, 2.05) is 6.92 Å². The second-order valence-electron chi connectivity index (χ2n) is 6.07. The van der Waals surface area contributed by atoms with E-state index >= 15 is 0 Å². The van der Waals surface area contributed by atoms with E-state index in [1.54, 1.807) is 0 Å². The van der Waals surface area contributed by atoms with Crippen molar-refractivity contribution in [2.45, 2.75) is 69.2 Å². The van der Waals surface area contributed by atoms with Gasteiger partial charge in [-0.1, -0.05) is 37.3 Å². The Morgan fingerprint density at radius 2 is 2.23 bits per heavy atom. The predicted octanol–water partition coefficient (Wildman–Crippen LogP) is 3.42. The highest BCUT2D eigenvalue weighted by atomic mass is 32.2. The zero-order valence-corrected chi connectivity index (χ0v) is 14.5. The maximum absolute atomic E-state index is 12.1. The first-order chi connectivity index (χ1) is 10.6. The van der Waals surface area contributed by atoms with Gasteiger partial charge in [0.05, 0.1) is 5.25 Å². The molecular formula is C16H26N4OS. The fourth-order valence-electron chi connectivity index (χ4n) is 2.40. The van der Waals surface area contributed by atoms with Crippen molar-refractivity contribution >= 4 is 17.7 Å². The molecule has 0 radical (unpaired) electrons. The van der Waals surface area contributed by atoms with Crippen LogP contribution in [0, 0.1) is 0 Å². The molecule has 0 aromatic carbocycles. The van der Waals surface area contributed by atoms with Gasteiger partial charge in [0.2, 0.25) is 11.1 Å². The van der Waals surface area contributed by atoms with E-state index in [0.717, 1.165) is 18.8 Å². The molecule has 1 aliphatic carbocycles. The molecule has 122 valence electrons. The summed E-state index contributed by atoms with van der Waals surface area (Å²) >= 11 is 1.40. The van der Waals surface area contributed by atoms with Gasteiger partial charge < -0.3 is 5.32 Å². The van der Waals surface area contributed by atoms with Crippen LogP contribution in [0.25, 0.3) is 0 Å². The maximum Gasteiger partial charge on any atom is 0.233 e. The molecule has 5 nitrogen and oxygen atoms in total. The minimum absolute atomic E-state index is 0.0531.